The van der Waals surface area contributed by atoms with Gasteiger partial charge in [-0.05, 0) is 71.0 Å². The van der Waals surface area contributed by atoms with Gasteiger partial charge in [-0.2, -0.15) is 0 Å². The first-order valence-electron chi connectivity index (χ1n) is 8.29. The molecule has 0 aromatic rings. The minimum Gasteiger partial charge on any atom is -0.101 e. The van der Waals surface area contributed by atoms with Crippen molar-refractivity contribution in [2.75, 3.05) is 0 Å². The molecule has 10 bridgehead atoms. The van der Waals surface area contributed by atoms with Crippen LogP contribution in [0.25, 0.3) is 0 Å². The largest absolute Gasteiger partial charge is 0.125 e. The molecule has 0 nitrogen and oxygen atoms in total. The van der Waals surface area contributed by atoms with E-state index >= 15 is 0 Å². The fourth-order valence-electron chi connectivity index (χ4n) is 10.1. The lowest BCUT2D eigenvalue weighted by atomic mass is 9.37. The molecule has 8 saturated carbocycles. The number of hydrogen-bond acceptors (Lipinski definition) is 0. The minimum absolute atomic E-state index is 0.313. The second-order valence-corrected chi connectivity index (χ2v) is 10.5. The van der Waals surface area contributed by atoms with Gasteiger partial charge in [-0.3, -0.25) is 0 Å². The van der Waals surface area contributed by atoms with Crippen molar-refractivity contribution in [2.24, 2.45) is 82.9 Å². The molecule has 10 aliphatic rings. The topological polar surface area (TPSA) is 0 Å². The van der Waals surface area contributed by atoms with Crippen molar-refractivity contribution < 1.29 is 0 Å². The zero-order valence-corrected chi connectivity index (χ0v) is 12.0. The Kier molecular flexibility index (Phi) is 1.07. The summed E-state index contributed by atoms with van der Waals surface area (Å²) in [5, 5.41) is 0. The minimum atomic E-state index is -0.313. The SMILES string of the molecule is ClC1(Cl)[C@@H]2[C@H]3[C@H]4[C@H]5C=C[C@@H]6[C@H]4[C@@H]4[C@H]7[C@@H]6[C@H]5[C@H]7[C@H]3[C@H]4[C@@H]21. The van der Waals surface area contributed by atoms with Crippen molar-refractivity contribution in [2.45, 2.75) is 4.33 Å². The highest BCUT2D eigenvalue weighted by molar-refractivity contribution is 6.51. The molecular weight excluding hydrogens is 275 g/mol. The van der Waals surface area contributed by atoms with E-state index in [9.17, 15) is 0 Å². The highest BCUT2D eigenvalue weighted by atomic mass is 35.5. The molecule has 0 aliphatic heterocycles. The molecule has 0 heterocycles. The van der Waals surface area contributed by atoms with E-state index in [-0.39, 0.29) is 4.33 Å². The van der Waals surface area contributed by atoms with Crippen LogP contribution in [0.4, 0.5) is 0 Å². The van der Waals surface area contributed by atoms with Gasteiger partial charge in [0, 0.05) is 11.8 Å². The molecule has 19 heavy (non-hydrogen) atoms. The number of rotatable bonds is 0. The smallest absolute Gasteiger partial charge is 0.101 e. The van der Waals surface area contributed by atoms with Gasteiger partial charge in [-0.15, -0.1) is 23.2 Å². The Balaban J connectivity index is 1.49. The summed E-state index contributed by atoms with van der Waals surface area (Å²) in [5.41, 5.74) is 0. The molecule has 0 unspecified atom stereocenters. The molecule has 98 valence electrons. The lowest BCUT2D eigenvalue weighted by Crippen LogP contribution is -2.64. The van der Waals surface area contributed by atoms with E-state index in [0.717, 1.165) is 71.0 Å². The third-order valence-corrected chi connectivity index (χ3v) is 10.7. The molecule has 8 fully saturated rings. The average Bonchev–Trinajstić information content (AvgIpc) is 2.62. The van der Waals surface area contributed by atoms with E-state index in [1.54, 1.807) is 0 Å². The highest BCUT2D eigenvalue weighted by Crippen LogP contribution is 2.94. The third-order valence-electron chi connectivity index (χ3n) is 9.66. The van der Waals surface area contributed by atoms with E-state index < -0.39 is 0 Å². The molecule has 0 aromatic carbocycles. The molecular formula is C17H16Cl2. The maximum absolute atomic E-state index is 6.68. The van der Waals surface area contributed by atoms with Crippen LogP contribution in [0, 0.1) is 82.9 Å². The molecule has 0 N–H and O–H groups in total. The first-order valence-corrected chi connectivity index (χ1v) is 9.04. The Bertz CT molecular complexity index is 608. The summed E-state index contributed by atoms with van der Waals surface area (Å²) in [7, 11) is 0. The molecule has 2 heteroatoms. The number of halogens is 2. The van der Waals surface area contributed by atoms with Crippen molar-refractivity contribution in [3.8, 4) is 0 Å². The van der Waals surface area contributed by atoms with Crippen LogP contribution in [0.2, 0.25) is 0 Å². The van der Waals surface area contributed by atoms with Gasteiger partial charge in [-0.25, -0.2) is 0 Å². The van der Waals surface area contributed by atoms with Crippen molar-refractivity contribution >= 4 is 23.2 Å². The second-order valence-electron chi connectivity index (χ2n) is 9.04. The van der Waals surface area contributed by atoms with E-state index in [1.165, 1.54) is 0 Å². The lowest BCUT2D eigenvalue weighted by Gasteiger charge is -2.67. The summed E-state index contributed by atoms with van der Waals surface area (Å²) in [6.07, 6.45) is 5.27. The van der Waals surface area contributed by atoms with Crippen LogP contribution in [-0.4, -0.2) is 4.33 Å². The van der Waals surface area contributed by atoms with Crippen LogP contribution in [0.5, 0.6) is 0 Å². The Morgan fingerprint density at radius 2 is 0.895 bits per heavy atom. The zero-order chi connectivity index (χ0) is 12.0. The van der Waals surface area contributed by atoms with Gasteiger partial charge >= 0.3 is 0 Å². The van der Waals surface area contributed by atoms with Gasteiger partial charge in [0.05, 0.1) is 0 Å². The number of allylic oxidation sites excluding steroid dienone is 2. The summed E-state index contributed by atoms with van der Waals surface area (Å²) in [6.45, 7) is 0. The van der Waals surface area contributed by atoms with Gasteiger partial charge in [0.1, 0.15) is 4.33 Å². The monoisotopic (exact) mass is 290 g/mol. The van der Waals surface area contributed by atoms with Crippen molar-refractivity contribution in [1.82, 2.24) is 0 Å². The Morgan fingerprint density at radius 1 is 0.526 bits per heavy atom. The highest BCUT2D eigenvalue weighted by Gasteiger charge is 2.92. The van der Waals surface area contributed by atoms with Gasteiger partial charge in [0.15, 0.2) is 0 Å². The van der Waals surface area contributed by atoms with Crippen molar-refractivity contribution in [3.63, 3.8) is 0 Å². The predicted octanol–water partition coefficient (Wildman–Crippen LogP) is 3.45. The average molecular weight is 291 g/mol. The van der Waals surface area contributed by atoms with Crippen molar-refractivity contribution in [3.05, 3.63) is 12.2 Å². The molecule has 0 amide bonds. The Morgan fingerprint density at radius 3 is 1.47 bits per heavy atom. The summed E-state index contributed by atoms with van der Waals surface area (Å²) in [5.74, 6) is 13.8. The fraction of sp³-hybridized carbons (Fsp3) is 0.882. The summed E-state index contributed by atoms with van der Waals surface area (Å²) in [4.78, 5) is 0. The van der Waals surface area contributed by atoms with Crippen LogP contribution in [-0.2, 0) is 0 Å². The molecule has 0 aromatic heterocycles. The maximum atomic E-state index is 6.68. The van der Waals surface area contributed by atoms with Crippen LogP contribution >= 0.6 is 23.2 Å². The van der Waals surface area contributed by atoms with E-state index in [4.69, 9.17) is 23.2 Å². The predicted molar refractivity (Wildman–Crippen MR) is 72.4 cm³/mol. The number of fused-ring (bicyclic) bond motifs is 1. The summed E-state index contributed by atoms with van der Waals surface area (Å²) < 4.78 is -0.313. The quantitative estimate of drug-likeness (QED) is 0.474. The summed E-state index contributed by atoms with van der Waals surface area (Å²) in [6, 6.07) is 0. The van der Waals surface area contributed by atoms with E-state index in [0.29, 0.717) is 11.8 Å². The fourth-order valence-corrected chi connectivity index (χ4v) is 11.1. The molecule has 10 aliphatic carbocycles. The van der Waals surface area contributed by atoms with E-state index in [1.807, 2.05) is 0 Å². The lowest BCUT2D eigenvalue weighted by molar-refractivity contribution is -0.177. The third kappa shape index (κ3) is 0.585. The Labute approximate surface area is 122 Å². The normalized spacial score (nSPS) is 86.6. The molecule has 0 radical (unpaired) electrons. The molecule has 10 rings (SSSR count). The van der Waals surface area contributed by atoms with Crippen LogP contribution in [0.1, 0.15) is 0 Å². The molecule has 0 spiro atoms. The first kappa shape index (κ1) is 9.36. The van der Waals surface area contributed by atoms with Gasteiger partial charge < -0.3 is 0 Å². The maximum Gasteiger partial charge on any atom is 0.125 e. The summed E-state index contributed by atoms with van der Waals surface area (Å²) >= 11 is 13.4. The van der Waals surface area contributed by atoms with E-state index in [2.05, 4.69) is 12.2 Å². The standard InChI is InChI=1S/C17H16Cl2/c18-17(19)15-13-8-4-2-1-3-5-6(4)10-9(5)11(7(3)8)14(12(10)13)16(15)17/h1-16H/t3-,4-,5-,6-,7+,8-,9-,10+,11+,12+,13-,14-,15+,16-/m0/s1. The zero-order valence-electron chi connectivity index (χ0n) is 10.5. The van der Waals surface area contributed by atoms with Crippen LogP contribution in [0.3, 0.4) is 0 Å². The van der Waals surface area contributed by atoms with Gasteiger partial charge in [0.25, 0.3) is 0 Å². The van der Waals surface area contributed by atoms with Gasteiger partial charge in [-0.1, -0.05) is 12.2 Å². The second kappa shape index (κ2) is 2.17. The number of alkyl halides is 2. The van der Waals surface area contributed by atoms with Crippen LogP contribution < -0.4 is 0 Å². The first-order chi connectivity index (χ1) is 9.23. The number of hydrogen-bond donors (Lipinski definition) is 0. The van der Waals surface area contributed by atoms with Crippen LogP contribution in [0.15, 0.2) is 12.2 Å². The Hall–Kier alpha value is 0.320. The van der Waals surface area contributed by atoms with Crippen molar-refractivity contribution in [1.29, 1.82) is 0 Å². The van der Waals surface area contributed by atoms with Gasteiger partial charge in [0.2, 0.25) is 0 Å². The molecule has 14 atom stereocenters. The molecule has 0 saturated heterocycles.